The van der Waals surface area contributed by atoms with Crippen molar-refractivity contribution in [3.8, 4) is 11.5 Å². The van der Waals surface area contributed by atoms with Gasteiger partial charge in [0.15, 0.2) is 0 Å². The van der Waals surface area contributed by atoms with Gasteiger partial charge < -0.3 is 34.1 Å². The Hall–Kier alpha value is -3.66. The molecule has 1 atom stereocenters. The molecule has 0 saturated carbocycles. The van der Waals surface area contributed by atoms with E-state index >= 15 is 0 Å². The normalized spacial score (nSPS) is 21.9. The summed E-state index contributed by atoms with van der Waals surface area (Å²) in [6.07, 6.45) is 8.42. The first-order chi connectivity index (χ1) is 18.9. The van der Waals surface area contributed by atoms with Crippen molar-refractivity contribution in [1.82, 2.24) is 20.0 Å². The fourth-order valence-electron chi connectivity index (χ4n) is 6.35. The molecule has 4 amide bonds. The molecule has 10 nitrogen and oxygen atoms in total. The van der Waals surface area contributed by atoms with Gasteiger partial charge in [0.2, 0.25) is 0 Å². The van der Waals surface area contributed by atoms with Crippen LogP contribution in [0.25, 0.3) is 0 Å². The predicted molar refractivity (Wildman–Crippen MR) is 145 cm³/mol. The van der Waals surface area contributed by atoms with Crippen LogP contribution < -0.4 is 14.8 Å². The van der Waals surface area contributed by atoms with Crippen LogP contribution in [0.3, 0.4) is 0 Å². The van der Waals surface area contributed by atoms with Gasteiger partial charge >= 0.3 is 12.1 Å². The molecule has 3 heterocycles. The highest BCUT2D eigenvalue weighted by molar-refractivity contribution is 5.83. The van der Waals surface area contributed by atoms with Crippen molar-refractivity contribution in [2.45, 2.75) is 50.8 Å². The number of likely N-dealkylation sites (N-methyl/N-ethyl adjacent to an activating group) is 1. The number of nitrogens with zero attached hydrogens (tertiary/aromatic N) is 3. The molecule has 3 aliphatic heterocycles. The number of benzene rings is 1. The van der Waals surface area contributed by atoms with Gasteiger partial charge in [0.1, 0.15) is 17.3 Å². The number of allylic oxidation sites excluding steroid dienone is 2. The van der Waals surface area contributed by atoms with Crippen LogP contribution in [-0.2, 0) is 22.4 Å². The van der Waals surface area contributed by atoms with E-state index in [0.717, 1.165) is 22.6 Å². The Bertz CT molecular complexity index is 1230. The summed E-state index contributed by atoms with van der Waals surface area (Å²) in [6.45, 7) is 4.14. The fraction of sp³-hybridized carbons (Fsp3) is 0.517. The van der Waals surface area contributed by atoms with E-state index in [1.807, 2.05) is 45.9 Å². The topological polar surface area (TPSA) is 92.8 Å². The zero-order valence-corrected chi connectivity index (χ0v) is 23.4. The Morgan fingerprint density at radius 1 is 1.10 bits per heavy atom. The quantitative estimate of drug-likeness (QED) is 0.593. The number of rotatable bonds is 6. The number of methoxy groups -OCH3 is 4. The number of urea groups is 2. The van der Waals surface area contributed by atoms with Crippen LogP contribution in [0.15, 0.2) is 47.5 Å². The minimum absolute atomic E-state index is 0.00576. The van der Waals surface area contributed by atoms with E-state index < -0.39 is 5.54 Å². The number of ether oxygens (including phenoxy) is 4. The summed E-state index contributed by atoms with van der Waals surface area (Å²) in [5.74, 6) is 2.16. The van der Waals surface area contributed by atoms with Crippen LogP contribution in [0.5, 0.6) is 11.5 Å². The van der Waals surface area contributed by atoms with Crippen molar-refractivity contribution >= 4 is 12.1 Å². The standard InChI is InChI=1S/C29H38N4O6/c1-6-33-28(35)32-18-19-15-21(37-3)17-24(38-4)22(19)8-10-26(32)29(33)11-13-31(14-12-29)27(34)30-23-9-7-20(36-2)16-25(23)39-5/h7,9-10,15,17,20H,6,8,11-14,16,18H2,1-5H3,(H,30,34). The largest absolute Gasteiger partial charge is 0.499 e. The third-order valence-corrected chi connectivity index (χ3v) is 8.45. The van der Waals surface area contributed by atoms with Crippen LogP contribution in [0, 0.1) is 0 Å². The molecule has 10 heteroatoms. The SMILES string of the molecule is CCN1C(=O)N2Cc3cc(OC)cc(OC)c3CC=C2C12CCN(C(=O)NC1=C(OC)CC(OC)C=C1)CC2. The molecule has 1 unspecified atom stereocenters. The Kier molecular flexibility index (Phi) is 7.48. The lowest BCUT2D eigenvalue weighted by Crippen LogP contribution is -2.56. The van der Waals surface area contributed by atoms with Crippen LogP contribution in [0.1, 0.15) is 37.3 Å². The highest BCUT2D eigenvalue weighted by Crippen LogP contribution is 2.46. The number of piperidine rings is 1. The third kappa shape index (κ3) is 4.60. The predicted octanol–water partition coefficient (Wildman–Crippen LogP) is 3.78. The molecule has 1 aliphatic carbocycles. The van der Waals surface area contributed by atoms with Crippen LogP contribution in [0.2, 0.25) is 0 Å². The molecule has 39 heavy (non-hydrogen) atoms. The number of fused-ring (bicyclic) bond motifs is 3. The Morgan fingerprint density at radius 3 is 2.51 bits per heavy atom. The van der Waals surface area contributed by atoms with Crippen molar-refractivity contribution in [2.75, 3.05) is 48.1 Å². The summed E-state index contributed by atoms with van der Waals surface area (Å²) in [4.78, 5) is 32.7. The van der Waals surface area contributed by atoms with Crippen molar-refractivity contribution in [2.24, 2.45) is 0 Å². The van der Waals surface area contributed by atoms with Gasteiger partial charge in [0, 0.05) is 50.5 Å². The highest BCUT2D eigenvalue weighted by Gasteiger charge is 2.54. The van der Waals surface area contributed by atoms with E-state index in [2.05, 4.69) is 11.4 Å². The summed E-state index contributed by atoms with van der Waals surface area (Å²) in [7, 11) is 6.54. The molecule has 2 saturated heterocycles. The maximum atomic E-state index is 13.7. The molecule has 2 fully saturated rings. The summed E-state index contributed by atoms with van der Waals surface area (Å²) >= 11 is 0. The average Bonchev–Trinajstić information content (AvgIpc) is 3.08. The Labute approximate surface area is 229 Å². The smallest absolute Gasteiger partial charge is 0.325 e. The van der Waals surface area contributed by atoms with Gasteiger partial charge in [-0.05, 0) is 43.9 Å². The third-order valence-electron chi connectivity index (χ3n) is 8.45. The van der Waals surface area contributed by atoms with Gasteiger partial charge in [-0.15, -0.1) is 0 Å². The molecule has 1 N–H and O–H groups in total. The summed E-state index contributed by atoms with van der Waals surface area (Å²) in [6, 6.07) is 3.72. The Balaban J connectivity index is 1.36. The molecule has 210 valence electrons. The van der Waals surface area contributed by atoms with Crippen molar-refractivity contribution in [3.63, 3.8) is 0 Å². The number of hydrogen-bond acceptors (Lipinski definition) is 6. The number of carbonyl (C=O) groups is 2. The number of nitrogens with one attached hydrogen (secondary N) is 1. The molecule has 5 rings (SSSR count). The van der Waals surface area contributed by atoms with Gasteiger partial charge in [-0.3, -0.25) is 4.90 Å². The van der Waals surface area contributed by atoms with E-state index in [4.69, 9.17) is 18.9 Å². The van der Waals surface area contributed by atoms with Gasteiger partial charge in [-0.2, -0.15) is 0 Å². The second-order valence-corrected chi connectivity index (χ2v) is 10.2. The van der Waals surface area contributed by atoms with Crippen LogP contribution >= 0.6 is 0 Å². The maximum Gasteiger partial charge on any atom is 0.325 e. The van der Waals surface area contributed by atoms with E-state index in [-0.39, 0.29) is 18.2 Å². The average molecular weight is 539 g/mol. The number of likely N-dealkylation sites (tertiary alicyclic amines) is 1. The van der Waals surface area contributed by atoms with Gasteiger partial charge in [0.25, 0.3) is 0 Å². The molecule has 0 aromatic heterocycles. The summed E-state index contributed by atoms with van der Waals surface area (Å²) in [5.41, 5.74) is 3.32. The first-order valence-corrected chi connectivity index (χ1v) is 13.5. The lowest BCUT2D eigenvalue weighted by molar-refractivity contribution is 0.103. The molecule has 1 aromatic rings. The summed E-state index contributed by atoms with van der Waals surface area (Å²) in [5, 5.41) is 3.02. The van der Waals surface area contributed by atoms with E-state index in [0.29, 0.717) is 69.1 Å². The van der Waals surface area contributed by atoms with Crippen LogP contribution in [-0.4, -0.2) is 86.5 Å². The maximum absolute atomic E-state index is 13.7. The second kappa shape index (κ2) is 10.8. The molecule has 0 radical (unpaired) electrons. The lowest BCUT2D eigenvalue weighted by Gasteiger charge is -2.44. The highest BCUT2D eigenvalue weighted by atomic mass is 16.5. The zero-order valence-electron chi connectivity index (χ0n) is 23.4. The zero-order chi connectivity index (χ0) is 27.7. The number of hydrogen-bond donors (Lipinski definition) is 1. The first-order valence-electron chi connectivity index (χ1n) is 13.5. The van der Waals surface area contributed by atoms with Gasteiger partial charge in [-0.1, -0.05) is 12.2 Å². The van der Waals surface area contributed by atoms with Crippen molar-refractivity contribution in [3.05, 3.63) is 58.6 Å². The molecule has 0 bridgehead atoms. The van der Waals surface area contributed by atoms with Crippen molar-refractivity contribution < 1.29 is 28.5 Å². The first kappa shape index (κ1) is 26.9. The van der Waals surface area contributed by atoms with E-state index in [9.17, 15) is 9.59 Å². The van der Waals surface area contributed by atoms with Gasteiger partial charge in [0.05, 0.1) is 45.2 Å². The lowest BCUT2D eigenvalue weighted by atomic mass is 9.83. The molecular weight excluding hydrogens is 500 g/mol. The fourth-order valence-corrected chi connectivity index (χ4v) is 6.35. The van der Waals surface area contributed by atoms with E-state index in [1.165, 1.54) is 0 Å². The molecule has 1 spiro atoms. The minimum atomic E-state index is -0.449. The van der Waals surface area contributed by atoms with Crippen molar-refractivity contribution in [1.29, 1.82) is 0 Å². The minimum Gasteiger partial charge on any atom is -0.499 e. The number of carbonyl (C=O) groups excluding carboxylic acids is 2. The van der Waals surface area contributed by atoms with Crippen LogP contribution in [0.4, 0.5) is 9.59 Å². The molecule has 1 aromatic carbocycles. The Morgan fingerprint density at radius 2 is 1.87 bits per heavy atom. The monoisotopic (exact) mass is 538 g/mol. The van der Waals surface area contributed by atoms with Gasteiger partial charge in [-0.25, -0.2) is 9.59 Å². The molecular formula is C29H38N4O6. The van der Waals surface area contributed by atoms with E-state index in [1.54, 1.807) is 28.4 Å². The number of amides is 4. The second-order valence-electron chi connectivity index (χ2n) is 10.2. The molecule has 4 aliphatic rings. The summed E-state index contributed by atoms with van der Waals surface area (Å²) < 4.78 is 22.1.